The van der Waals surface area contributed by atoms with E-state index < -0.39 is 5.24 Å². The number of thiophene rings is 1. The van der Waals surface area contributed by atoms with E-state index in [9.17, 15) is 4.79 Å². The summed E-state index contributed by atoms with van der Waals surface area (Å²) in [5, 5.41) is 0.563. The number of rotatable bonds is 3. The van der Waals surface area contributed by atoms with E-state index in [1.54, 1.807) is 7.11 Å². The van der Waals surface area contributed by atoms with Crippen LogP contribution in [0.3, 0.4) is 0 Å². The molecule has 0 spiro atoms. The number of hydrogen-bond donors (Lipinski definition) is 0. The Morgan fingerprint density at radius 3 is 2.55 bits per heavy atom. The maximum Gasteiger partial charge on any atom is 0.263 e. The lowest BCUT2D eigenvalue weighted by atomic mass is 10.0. The van der Waals surface area contributed by atoms with E-state index in [1.807, 2.05) is 48.5 Å². The van der Waals surface area contributed by atoms with Gasteiger partial charge in [-0.2, -0.15) is 0 Å². The van der Waals surface area contributed by atoms with Crippen molar-refractivity contribution in [2.24, 2.45) is 0 Å². The van der Waals surface area contributed by atoms with Gasteiger partial charge in [0, 0.05) is 15.6 Å². The van der Waals surface area contributed by atoms with E-state index in [1.165, 1.54) is 11.3 Å². The number of methoxy groups -OCH3 is 1. The normalized spacial score (nSPS) is 10.7. The molecule has 0 unspecified atom stereocenters. The molecule has 0 atom stereocenters. The topological polar surface area (TPSA) is 26.3 Å². The van der Waals surface area contributed by atoms with Crippen molar-refractivity contribution in [3.63, 3.8) is 0 Å². The SMILES string of the molecule is COc1ccc2sc(C(=O)Cl)c(-c3ccccc3)c2c1. The summed E-state index contributed by atoms with van der Waals surface area (Å²) in [5.41, 5.74) is 1.86. The first-order valence-corrected chi connectivity index (χ1v) is 7.26. The van der Waals surface area contributed by atoms with Crippen LogP contribution in [0.5, 0.6) is 5.75 Å². The molecule has 0 fully saturated rings. The molecule has 3 aromatic rings. The minimum Gasteiger partial charge on any atom is -0.497 e. The first kappa shape index (κ1) is 13.2. The molecule has 0 saturated carbocycles. The average Bonchev–Trinajstić information content (AvgIpc) is 2.86. The maximum absolute atomic E-state index is 11.7. The number of hydrogen-bond acceptors (Lipinski definition) is 3. The summed E-state index contributed by atoms with van der Waals surface area (Å²) in [6.07, 6.45) is 0. The Kier molecular flexibility index (Phi) is 3.47. The Balaban J connectivity index is 2.36. The molecule has 0 bridgehead atoms. The Labute approximate surface area is 125 Å². The summed E-state index contributed by atoms with van der Waals surface area (Å²) in [6.45, 7) is 0. The van der Waals surface area contributed by atoms with Crippen molar-refractivity contribution in [3.05, 3.63) is 53.4 Å². The number of carbonyl (C=O) groups is 1. The van der Waals surface area contributed by atoms with Gasteiger partial charge in [-0.1, -0.05) is 30.3 Å². The van der Waals surface area contributed by atoms with E-state index in [4.69, 9.17) is 16.3 Å². The van der Waals surface area contributed by atoms with Crippen LogP contribution < -0.4 is 4.74 Å². The molecule has 0 aliphatic rings. The molecule has 20 heavy (non-hydrogen) atoms. The van der Waals surface area contributed by atoms with E-state index in [0.717, 1.165) is 27.0 Å². The van der Waals surface area contributed by atoms with Crippen molar-refractivity contribution in [2.45, 2.75) is 0 Å². The Bertz CT molecular complexity index is 778. The first-order valence-electron chi connectivity index (χ1n) is 6.06. The lowest BCUT2D eigenvalue weighted by Gasteiger charge is -2.03. The largest absolute Gasteiger partial charge is 0.497 e. The van der Waals surface area contributed by atoms with E-state index >= 15 is 0 Å². The van der Waals surface area contributed by atoms with E-state index in [-0.39, 0.29) is 0 Å². The second-order valence-electron chi connectivity index (χ2n) is 4.31. The third kappa shape index (κ3) is 2.19. The summed E-state index contributed by atoms with van der Waals surface area (Å²) in [4.78, 5) is 12.3. The van der Waals surface area contributed by atoms with Gasteiger partial charge < -0.3 is 4.74 Å². The molecular formula is C16H11ClO2S. The molecule has 2 aromatic carbocycles. The molecule has 0 aliphatic carbocycles. The lowest BCUT2D eigenvalue weighted by molar-refractivity contribution is 0.108. The molecule has 0 aliphatic heterocycles. The van der Waals surface area contributed by atoms with Crippen LogP contribution in [0.25, 0.3) is 21.2 Å². The molecule has 0 amide bonds. The third-order valence-corrected chi connectivity index (χ3v) is 4.61. The van der Waals surface area contributed by atoms with Crippen molar-refractivity contribution < 1.29 is 9.53 Å². The van der Waals surface area contributed by atoms with Gasteiger partial charge in [0.25, 0.3) is 5.24 Å². The number of benzene rings is 2. The van der Waals surface area contributed by atoms with Gasteiger partial charge in [0.05, 0.1) is 12.0 Å². The summed E-state index contributed by atoms with van der Waals surface area (Å²) in [7, 11) is 1.63. The van der Waals surface area contributed by atoms with Gasteiger partial charge in [0.1, 0.15) is 5.75 Å². The second kappa shape index (κ2) is 5.27. The monoisotopic (exact) mass is 302 g/mol. The van der Waals surface area contributed by atoms with Gasteiger partial charge in [-0.05, 0) is 35.4 Å². The zero-order valence-corrected chi connectivity index (χ0v) is 12.3. The average molecular weight is 303 g/mol. The smallest absolute Gasteiger partial charge is 0.263 e. The van der Waals surface area contributed by atoms with Crippen LogP contribution in [0, 0.1) is 0 Å². The van der Waals surface area contributed by atoms with Crippen LogP contribution >= 0.6 is 22.9 Å². The minimum atomic E-state index is -0.427. The zero-order chi connectivity index (χ0) is 14.1. The van der Waals surface area contributed by atoms with Crippen LogP contribution in [0.4, 0.5) is 0 Å². The van der Waals surface area contributed by atoms with Gasteiger partial charge in [-0.25, -0.2) is 0 Å². The summed E-state index contributed by atoms with van der Waals surface area (Å²) in [5.74, 6) is 0.765. The van der Waals surface area contributed by atoms with Crippen LogP contribution in [-0.2, 0) is 0 Å². The van der Waals surface area contributed by atoms with Gasteiger partial charge in [0.2, 0.25) is 0 Å². The number of fused-ring (bicyclic) bond motifs is 1. The number of halogens is 1. The molecular weight excluding hydrogens is 292 g/mol. The fourth-order valence-electron chi connectivity index (χ4n) is 2.23. The summed E-state index contributed by atoms with van der Waals surface area (Å²) >= 11 is 7.15. The van der Waals surface area contributed by atoms with Gasteiger partial charge in [-0.3, -0.25) is 4.79 Å². The highest BCUT2D eigenvalue weighted by Gasteiger charge is 2.18. The van der Waals surface area contributed by atoms with Gasteiger partial charge in [-0.15, -0.1) is 11.3 Å². The molecule has 2 nitrogen and oxygen atoms in total. The third-order valence-electron chi connectivity index (χ3n) is 3.14. The molecule has 3 rings (SSSR count). The molecule has 100 valence electrons. The maximum atomic E-state index is 11.7. The van der Waals surface area contributed by atoms with E-state index in [0.29, 0.717) is 4.88 Å². The fourth-order valence-corrected chi connectivity index (χ4v) is 3.48. The highest BCUT2D eigenvalue weighted by molar-refractivity contribution is 7.22. The number of ether oxygens (including phenoxy) is 1. The molecule has 4 heteroatoms. The zero-order valence-electron chi connectivity index (χ0n) is 10.7. The van der Waals surface area contributed by atoms with Crippen molar-refractivity contribution in [3.8, 4) is 16.9 Å². The molecule has 0 radical (unpaired) electrons. The quantitative estimate of drug-likeness (QED) is 0.639. The van der Waals surface area contributed by atoms with Crippen molar-refractivity contribution in [1.82, 2.24) is 0 Å². The predicted molar refractivity (Wildman–Crippen MR) is 84.0 cm³/mol. The van der Waals surface area contributed by atoms with Crippen molar-refractivity contribution >= 4 is 38.3 Å². The summed E-state index contributed by atoms with van der Waals surface area (Å²) < 4.78 is 6.29. The van der Waals surface area contributed by atoms with Gasteiger partial charge >= 0.3 is 0 Å². The molecule has 1 heterocycles. The van der Waals surface area contributed by atoms with Crippen molar-refractivity contribution in [1.29, 1.82) is 0 Å². The second-order valence-corrected chi connectivity index (χ2v) is 5.70. The molecule has 0 N–H and O–H groups in total. The minimum absolute atomic E-state index is 0.427. The predicted octanol–water partition coefficient (Wildman–Crippen LogP) is 4.96. The highest BCUT2D eigenvalue weighted by Crippen LogP contribution is 2.40. The van der Waals surface area contributed by atoms with Crippen LogP contribution in [0.2, 0.25) is 0 Å². The Hall–Kier alpha value is -1.84. The van der Waals surface area contributed by atoms with Gasteiger partial charge in [0.15, 0.2) is 0 Å². The fraction of sp³-hybridized carbons (Fsp3) is 0.0625. The van der Waals surface area contributed by atoms with Crippen LogP contribution in [-0.4, -0.2) is 12.4 Å². The molecule has 1 aromatic heterocycles. The summed E-state index contributed by atoms with van der Waals surface area (Å²) in [6, 6.07) is 15.6. The van der Waals surface area contributed by atoms with E-state index in [2.05, 4.69) is 0 Å². The van der Waals surface area contributed by atoms with Crippen LogP contribution in [0.15, 0.2) is 48.5 Å². The Morgan fingerprint density at radius 1 is 1.15 bits per heavy atom. The first-order chi connectivity index (χ1) is 9.70. The standard InChI is InChI=1S/C16H11ClO2S/c1-19-11-7-8-13-12(9-11)14(15(20-13)16(17)18)10-5-3-2-4-6-10/h2-9H,1H3. The lowest BCUT2D eigenvalue weighted by Crippen LogP contribution is -1.88. The van der Waals surface area contributed by atoms with Crippen LogP contribution in [0.1, 0.15) is 9.67 Å². The highest BCUT2D eigenvalue weighted by atomic mass is 35.5. The Morgan fingerprint density at radius 2 is 1.90 bits per heavy atom. The number of carbonyl (C=O) groups excluding carboxylic acids is 1. The van der Waals surface area contributed by atoms with Crippen molar-refractivity contribution in [2.75, 3.05) is 7.11 Å². The molecule has 0 saturated heterocycles.